The van der Waals surface area contributed by atoms with E-state index in [1.165, 1.54) is 23.4 Å². The zero-order chi connectivity index (χ0) is 32.4. The summed E-state index contributed by atoms with van der Waals surface area (Å²) < 4.78 is 57.2. The van der Waals surface area contributed by atoms with Crippen molar-refractivity contribution in [3.05, 3.63) is 47.6 Å². The molecule has 1 fully saturated rings. The van der Waals surface area contributed by atoms with Gasteiger partial charge in [0.2, 0.25) is 5.89 Å². The van der Waals surface area contributed by atoms with Gasteiger partial charge in [-0.2, -0.15) is 13.2 Å². The molecule has 0 aliphatic carbocycles. The van der Waals surface area contributed by atoms with Gasteiger partial charge in [0.05, 0.1) is 13.2 Å². The maximum Gasteiger partial charge on any atom is 0.434 e. The Morgan fingerprint density at radius 3 is 2.67 bits per heavy atom. The number of aromatic nitrogens is 5. The van der Waals surface area contributed by atoms with Crippen LogP contribution in [0.25, 0.3) is 33.3 Å². The van der Waals surface area contributed by atoms with Crippen LogP contribution in [-0.2, 0) is 15.7 Å². The molecule has 4 aromatic rings. The van der Waals surface area contributed by atoms with Gasteiger partial charge >= 0.3 is 18.3 Å². The average molecular weight is 647 g/mol. The first-order valence-electron chi connectivity index (χ1n) is 13.8. The Morgan fingerprint density at radius 2 is 1.96 bits per heavy atom. The minimum atomic E-state index is -4.63. The molecule has 0 radical (unpaired) electrons. The van der Waals surface area contributed by atoms with Crippen LogP contribution in [0.3, 0.4) is 0 Å². The number of carbonyl (C=O) groups is 2. The number of amides is 3. The number of nitrogens with one attached hydrogen (secondary N) is 2. The van der Waals surface area contributed by atoms with Gasteiger partial charge in [0.25, 0.3) is 5.89 Å². The van der Waals surface area contributed by atoms with Gasteiger partial charge < -0.3 is 19.2 Å². The molecule has 0 saturated carbocycles. The number of hydrogen-bond donors (Lipinski definition) is 2. The molecule has 238 valence electrons. The van der Waals surface area contributed by atoms with E-state index in [4.69, 9.17) is 13.9 Å². The third-order valence-corrected chi connectivity index (χ3v) is 7.16. The normalized spacial score (nSPS) is 15.5. The van der Waals surface area contributed by atoms with Crippen molar-refractivity contribution in [3.8, 4) is 33.3 Å². The number of hydrogen-bond acceptors (Lipinski definition) is 11. The quantitative estimate of drug-likeness (QED) is 0.263. The Hall–Kier alpha value is -4.64. The minimum absolute atomic E-state index is 0.0409. The van der Waals surface area contributed by atoms with E-state index < -0.39 is 35.6 Å². The van der Waals surface area contributed by atoms with Crippen molar-refractivity contribution < 1.29 is 36.7 Å². The summed E-state index contributed by atoms with van der Waals surface area (Å²) in [6, 6.07) is 3.48. The van der Waals surface area contributed by atoms with Crippen LogP contribution >= 0.6 is 11.3 Å². The van der Waals surface area contributed by atoms with E-state index in [0.29, 0.717) is 29.8 Å². The number of pyridine rings is 2. The van der Waals surface area contributed by atoms with E-state index in [9.17, 15) is 22.8 Å². The van der Waals surface area contributed by atoms with Crippen molar-refractivity contribution in [2.24, 2.45) is 0 Å². The molecule has 2 N–H and O–H groups in total. The topological polar surface area (TPSA) is 157 Å². The predicted octanol–water partition coefficient (Wildman–Crippen LogP) is 5.79. The molecule has 13 nitrogen and oxygen atoms in total. The van der Waals surface area contributed by atoms with Crippen LogP contribution in [-0.4, -0.2) is 74.1 Å². The third kappa shape index (κ3) is 7.54. The Bertz CT molecular complexity index is 1690. The maximum absolute atomic E-state index is 13.4. The van der Waals surface area contributed by atoms with Crippen molar-refractivity contribution in [1.82, 2.24) is 35.4 Å². The number of urea groups is 1. The highest BCUT2D eigenvalue weighted by molar-refractivity contribution is 7.13. The van der Waals surface area contributed by atoms with Crippen LogP contribution < -0.4 is 10.6 Å². The fourth-order valence-corrected chi connectivity index (χ4v) is 5.17. The molecule has 4 aromatic heterocycles. The molecule has 5 heterocycles. The first-order chi connectivity index (χ1) is 21.3. The van der Waals surface area contributed by atoms with Crippen LogP contribution in [0, 0.1) is 0 Å². The molecule has 1 aliphatic heterocycles. The highest BCUT2D eigenvalue weighted by atomic mass is 32.1. The Morgan fingerprint density at radius 1 is 1.16 bits per heavy atom. The molecule has 45 heavy (non-hydrogen) atoms. The Kier molecular flexibility index (Phi) is 9.01. The molecular weight excluding hydrogens is 617 g/mol. The monoisotopic (exact) mass is 646 g/mol. The Labute approximate surface area is 259 Å². The lowest BCUT2D eigenvalue weighted by Gasteiger charge is -2.34. The van der Waals surface area contributed by atoms with Gasteiger partial charge in [-0.05, 0) is 51.5 Å². The third-order valence-electron chi connectivity index (χ3n) is 6.28. The number of rotatable bonds is 6. The number of thiazole rings is 1. The molecule has 1 aliphatic rings. The lowest BCUT2D eigenvalue weighted by Crippen LogP contribution is -2.45. The molecule has 0 aromatic carbocycles. The fraction of sp³-hybridized carbons (Fsp3) is 0.393. The molecule has 3 amide bonds. The van der Waals surface area contributed by atoms with Crippen LogP contribution in [0.2, 0.25) is 0 Å². The highest BCUT2D eigenvalue weighted by Crippen LogP contribution is 2.39. The van der Waals surface area contributed by atoms with Gasteiger partial charge in [0.1, 0.15) is 28.2 Å². The zero-order valence-electron chi connectivity index (χ0n) is 24.6. The first kappa shape index (κ1) is 31.8. The van der Waals surface area contributed by atoms with Crippen molar-refractivity contribution in [3.63, 3.8) is 0 Å². The van der Waals surface area contributed by atoms with Gasteiger partial charge in [-0.25, -0.2) is 19.6 Å². The van der Waals surface area contributed by atoms with Crippen LogP contribution in [0.1, 0.15) is 45.3 Å². The molecular formula is C28H29F3N8O5S. The standard InChI is InChI=1S/C28H29F3N8O5S/c1-5-32-25(40)36-21-11-16(24-35-20(14-45-24)28(29,30)31)17(12-34-21)15-6-7-33-18(10-15)22-37-38-23(43-22)19-13-42-9-8-39(19)26(41)44-27(2,3)4/h6-7,10-12,14,19H,5,8-9,13H2,1-4H3,(H2,32,34,36,40)/t19-/m1/s1. The largest absolute Gasteiger partial charge is 0.444 e. The summed E-state index contributed by atoms with van der Waals surface area (Å²) >= 11 is 0.804. The SMILES string of the molecule is CCNC(=O)Nc1cc(-c2nc(C(F)(F)F)cs2)c(-c2ccnc(-c3nnc([C@H]4COCCN4C(=O)OC(C)(C)C)o3)c2)cn1. The second-order valence-corrected chi connectivity index (χ2v) is 11.6. The highest BCUT2D eigenvalue weighted by Gasteiger charge is 2.36. The summed E-state index contributed by atoms with van der Waals surface area (Å²) in [4.78, 5) is 38.8. The zero-order valence-corrected chi connectivity index (χ0v) is 25.5. The summed E-state index contributed by atoms with van der Waals surface area (Å²) in [6.07, 6.45) is -2.29. The minimum Gasteiger partial charge on any atom is -0.444 e. The molecule has 5 rings (SSSR count). The van der Waals surface area contributed by atoms with E-state index >= 15 is 0 Å². The summed E-state index contributed by atoms with van der Waals surface area (Å²) in [5.74, 6) is 0.274. The maximum atomic E-state index is 13.4. The fourth-order valence-electron chi connectivity index (χ4n) is 4.31. The molecule has 0 unspecified atom stereocenters. The molecule has 1 saturated heterocycles. The lowest BCUT2D eigenvalue weighted by molar-refractivity contribution is -0.140. The van der Waals surface area contributed by atoms with Gasteiger partial charge in [0.15, 0.2) is 5.69 Å². The van der Waals surface area contributed by atoms with Gasteiger partial charge in [0, 0.05) is 42.0 Å². The number of morpholine rings is 1. The Balaban J connectivity index is 1.48. The van der Waals surface area contributed by atoms with Gasteiger partial charge in [-0.1, -0.05) is 0 Å². The number of halogens is 3. The average Bonchev–Trinajstić information content (AvgIpc) is 3.68. The van der Waals surface area contributed by atoms with Crippen LogP contribution in [0.15, 0.2) is 40.4 Å². The van der Waals surface area contributed by atoms with Crippen LogP contribution in [0.5, 0.6) is 0 Å². The predicted molar refractivity (Wildman–Crippen MR) is 156 cm³/mol. The van der Waals surface area contributed by atoms with Crippen LogP contribution in [0.4, 0.5) is 28.6 Å². The second kappa shape index (κ2) is 12.8. The summed E-state index contributed by atoms with van der Waals surface area (Å²) in [6.45, 7) is 8.10. The first-order valence-corrected chi connectivity index (χ1v) is 14.7. The summed E-state index contributed by atoms with van der Waals surface area (Å²) in [7, 11) is 0. The number of carbonyl (C=O) groups excluding carboxylic acids is 2. The van der Waals surface area contributed by atoms with Crippen molar-refractivity contribution in [2.75, 3.05) is 31.6 Å². The van der Waals surface area contributed by atoms with Crippen molar-refractivity contribution in [1.29, 1.82) is 0 Å². The lowest BCUT2D eigenvalue weighted by atomic mass is 10.0. The van der Waals surface area contributed by atoms with E-state index in [2.05, 4.69) is 35.8 Å². The van der Waals surface area contributed by atoms with Gasteiger partial charge in [-0.15, -0.1) is 21.5 Å². The summed E-state index contributed by atoms with van der Waals surface area (Å²) in [5, 5.41) is 14.4. The van der Waals surface area contributed by atoms with Gasteiger partial charge in [-0.3, -0.25) is 15.2 Å². The number of nitrogens with zero attached hydrogens (tertiary/aromatic N) is 6. The smallest absolute Gasteiger partial charge is 0.434 e. The number of ether oxygens (including phenoxy) is 2. The number of alkyl halides is 3. The molecule has 0 spiro atoms. The van der Waals surface area contributed by atoms with E-state index in [1.54, 1.807) is 39.8 Å². The number of anilines is 1. The van der Waals surface area contributed by atoms with Crippen molar-refractivity contribution in [2.45, 2.75) is 45.5 Å². The van der Waals surface area contributed by atoms with E-state index in [1.807, 2.05) is 0 Å². The summed E-state index contributed by atoms with van der Waals surface area (Å²) in [5.41, 5.74) is -0.261. The molecule has 1 atom stereocenters. The molecule has 0 bridgehead atoms. The molecule has 17 heteroatoms. The second-order valence-electron chi connectivity index (χ2n) is 10.8. The van der Waals surface area contributed by atoms with E-state index in [0.717, 1.165) is 16.7 Å². The van der Waals surface area contributed by atoms with E-state index in [-0.39, 0.29) is 41.5 Å². The van der Waals surface area contributed by atoms with Crippen molar-refractivity contribution >= 4 is 29.3 Å².